The molecule has 24 heavy (non-hydrogen) atoms. The van der Waals surface area contributed by atoms with Crippen molar-refractivity contribution in [3.63, 3.8) is 0 Å². The molecular formula is C18H16ClN3O2. The summed E-state index contributed by atoms with van der Waals surface area (Å²) in [6, 6.07) is 15.2. The van der Waals surface area contributed by atoms with Crippen LogP contribution in [-0.4, -0.2) is 16.0 Å². The molecule has 1 amide bonds. The van der Waals surface area contributed by atoms with Gasteiger partial charge in [0.25, 0.3) is 5.89 Å². The summed E-state index contributed by atoms with van der Waals surface area (Å²) < 4.78 is 5.33. The van der Waals surface area contributed by atoms with Crippen molar-refractivity contribution < 1.29 is 9.32 Å². The van der Waals surface area contributed by atoms with E-state index >= 15 is 0 Å². The maximum absolute atomic E-state index is 10.9. The molecule has 2 aromatic carbocycles. The van der Waals surface area contributed by atoms with Crippen molar-refractivity contribution in [2.24, 2.45) is 0 Å². The third-order valence-electron chi connectivity index (χ3n) is 3.52. The zero-order chi connectivity index (χ0) is 16.9. The molecule has 0 aliphatic rings. The van der Waals surface area contributed by atoms with E-state index in [-0.39, 0.29) is 5.91 Å². The van der Waals surface area contributed by atoms with Gasteiger partial charge in [-0.05, 0) is 29.3 Å². The van der Waals surface area contributed by atoms with E-state index in [1.54, 1.807) is 0 Å². The maximum Gasteiger partial charge on any atom is 0.257 e. The molecule has 0 radical (unpaired) electrons. The summed E-state index contributed by atoms with van der Waals surface area (Å²) in [4.78, 5) is 15.3. The van der Waals surface area contributed by atoms with Crippen molar-refractivity contribution in [3.8, 4) is 11.5 Å². The molecule has 0 aliphatic carbocycles. The fourth-order valence-corrected chi connectivity index (χ4v) is 2.45. The van der Waals surface area contributed by atoms with Gasteiger partial charge in [0.2, 0.25) is 5.91 Å². The summed E-state index contributed by atoms with van der Waals surface area (Å²) in [5.41, 5.74) is 2.79. The van der Waals surface area contributed by atoms with E-state index in [0.717, 1.165) is 16.7 Å². The van der Waals surface area contributed by atoms with Crippen molar-refractivity contribution in [2.45, 2.75) is 19.9 Å². The monoisotopic (exact) mass is 341 g/mol. The lowest BCUT2D eigenvalue weighted by Gasteiger charge is -2.02. The first-order chi connectivity index (χ1) is 11.6. The molecule has 0 saturated heterocycles. The number of carbonyl (C=O) groups excluding carboxylic acids is 1. The normalized spacial score (nSPS) is 10.6. The van der Waals surface area contributed by atoms with Crippen LogP contribution >= 0.6 is 11.6 Å². The summed E-state index contributed by atoms with van der Waals surface area (Å²) in [6.45, 7) is 1.99. The largest absolute Gasteiger partial charge is 0.352 e. The molecule has 3 rings (SSSR count). The number of carbonyl (C=O) groups is 1. The molecule has 0 unspecified atom stereocenters. The van der Waals surface area contributed by atoms with Gasteiger partial charge in [-0.3, -0.25) is 4.79 Å². The van der Waals surface area contributed by atoms with Gasteiger partial charge in [-0.2, -0.15) is 4.98 Å². The number of halogens is 1. The van der Waals surface area contributed by atoms with Gasteiger partial charge in [0.15, 0.2) is 5.82 Å². The standard InChI is InChI=1S/C18H16ClN3O2/c1-12(23)20-11-13-6-8-14(9-7-13)18-21-17(22-24-18)10-15-4-2-3-5-16(15)19/h2-9H,10-11H2,1H3,(H,20,23). The van der Waals surface area contributed by atoms with Gasteiger partial charge in [-0.15, -0.1) is 0 Å². The molecule has 1 N–H and O–H groups in total. The zero-order valence-electron chi connectivity index (χ0n) is 13.1. The van der Waals surface area contributed by atoms with Crippen molar-refractivity contribution in [3.05, 3.63) is 70.5 Å². The van der Waals surface area contributed by atoms with Crippen molar-refractivity contribution >= 4 is 17.5 Å². The Morgan fingerprint density at radius 1 is 1.17 bits per heavy atom. The lowest BCUT2D eigenvalue weighted by atomic mass is 10.1. The van der Waals surface area contributed by atoms with Crippen LogP contribution in [-0.2, 0) is 17.8 Å². The van der Waals surface area contributed by atoms with Crippen LogP contribution < -0.4 is 5.32 Å². The smallest absolute Gasteiger partial charge is 0.257 e. The van der Waals surface area contributed by atoms with E-state index in [1.807, 2.05) is 48.5 Å². The molecule has 6 heteroatoms. The first-order valence-corrected chi connectivity index (χ1v) is 7.89. The predicted molar refractivity (Wildman–Crippen MR) is 91.5 cm³/mol. The van der Waals surface area contributed by atoms with Gasteiger partial charge in [0.05, 0.1) is 0 Å². The van der Waals surface area contributed by atoms with E-state index in [1.165, 1.54) is 6.92 Å². The van der Waals surface area contributed by atoms with Gasteiger partial charge in [0.1, 0.15) is 0 Å². The minimum Gasteiger partial charge on any atom is -0.352 e. The van der Waals surface area contributed by atoms with Crippen LogP contribution in [0.3, 0.4) is 0 Å². The van der Waals surface area contributed by atoms with E-state index < -0.39 is 0 Å². The Labute approximate surface area is 144 Å². The van der Waals surface area contributed by atoms with E-state index in [4.69, 9.17) is 16.1 Å². The van der Waals surface area contributed by atoms with E-state index in [2.05, 4.69) is 15.5 Å². The fourth-order valence-electron chi connectivity index (χ4n) is 2.25. The SMILES string of the molecule is CC(=O)NCc1ccc(-c2nc(Cc3ccccc3Cl)no2)cc1. The highest BCUT2D eigenvalue weighted by Crippen LogP contribution is 2.21. The zero-order valence-corrected chi connectivity index (χ0v) is 13.9. The molecule has 1 aromatic heterocycles. The average molecular weight is 342 g/mol. The summed E-state index contributed by atoms with van der Waals surface area (Å²) in [7, 11) is 0. The van der Waals surface area contributed by atoms with Gasteiger partial charge in [-0.1, -0.05) is 47.1 Å². The molecule has 0 saturated carbocycles. The lowest BCUT2D eigenvalue weighted by molar-refractivity contribution is -0.119. The van der Waals surface area contributed by atoms with Crippen LogP contribution in [0.1, 0.15) is 23.9 Å². The third kappa shape index (κ3) is 4.00. The number of nitrogens with zero attached hydrogens (tertiary/aromatic N) is 2. The molecular weight excluding hydrogens is 326 g/mol. The quantitative estimate of drug-likeness (QED) is 0.769. The van der Waals surface area contributed by atoms with Crippen LogP contribution in [0.15, 0.2) is 53.1 Å². The fraction of sp³-hybridized carbons (Fsp3) is 0.167. The topological polar surface area (TPSA) is 68.0 Å². The van der Waals surface area contributed by atoms with E-state index in [9.17, 15) is 4.79 Å². The number of rotatable bonds is 5. The average Bonchev–Trinajstić information content (AvgIpc) is 3.04. The molecule has 5 nitrogen and oxygen atoms in total. The minimum atomic E-state index is -0.0554. The predicted octanol–water partition coefficient (Wildman–Crippen LogP) is 3.62. The number of benzene rings is 2. The number of hydrogen-bond donors (Lipinski definition) is 1. The van der Waals surface area contributed by atoms with Crippen LogP contribution in [0.4, 0.5) is 0 Å². The summed E-state index contributed by atoms with van der Waals surface area (Å²) in [5.74, 6) is 0.990. The van der Waals surface area contributed by atoms with Crippen LogP contribution in [0.2, 0.25) is 5.02 Å². The van der Waals surface area contributed by atoms with E-state index in [0.29, 0.717) is 29.7 Å². The Balaban J connectivity index is 1.71. The first-order valence-electron chi connectivity index (χ1n) is 7.51. The Bertz CT molecular complexity index is 843. The highest BCUT2D eigenvalue weighted by Gasteiger charge is 2.11. The molecule has 0 aliphatic heterocycles. The Hall–Kier alpha value is -2.66. The maximum atomic E-state index is 10.9. The minimum absolute atomic E-state index is 0.0554. The van der Waals surface area contributed by atoms with Gasteiger partial charge in [0, 0.05) is 30.5 Å². The lowest BCUT2D eigenvalue weighted by Crippen LogP contribution is -2.18. The van der Waals surface area contributed by atoms with Crippen LogP contribution in [0.5, 0.6) is 0 Å². The number of nitrogens with one attached hydrogen (secondary N) is 1. The second kappa shape index (κ2) is 7.27. The molecule has 0 spiro atoms. The van der Waals surface area contributed by atoms with Gasteiger partial charge in [-0.25, -0.2) is 0 Å². The molecule has 0 fully saturated rings. The Morgan fingerprint density at radius 3 is 2.62 bits per heavy atom. The van der Waals surface area contributed by atoms with Crippen LogP contribution in [0, 0.1) is 0 Å². The van der Waals surface area contributed by atoms with Crippen molar-refractivity contribution in [1.82, 2.24) is 15.5 Å². The third-order valence-corrected chi connectivity index (χ3v) is 3.89. The summed E-state index contributed by atoms with van der Waals surface area (Å²) >= 11 is 6.15. The Kier molecular flexibility index (Phi) is 4.91. The number of hydrogen-bond acceptors (Lipinski definition) is 4. The van der Waals surface area contributed by atoms with Crippen LogP contribution in [0.25, 0.3) is 11.5 Å². The Morgan fingerprint density at radius 2 is 1.92 bits per heavy atom. The molecule has 0 atom stereocenters. The summed E-state index contributed by atoms with van der Waals surface area (Å²) in [6.07, 6.45) is 0.518. The number of aromatic nitrogens is 2. The summed E-state index contributed by atoms with van der Waals surface area (Å²) in [5, 5.41) is 7.45. The van der Waals surface area contributed by atoms with Crippen molar-refractivity contribution in [1.29, 1.82) is 0 Å². The van der Waals surface area contributed by atoms with Gasteiger partial charge < -0.3 is 9.84 Å². The molecule has 3 aromatic rings. The number of amides is 1. The van der Waals surface area contributed by atoms with Crippen molar-refractivity contribution in [2.75, 3.05) is 0 Å². The highest BCUT2D eigenvalue weighted by atomic mass is 35.5. The molecule has 122 valence electrons. The second-order valence-corrected chi connectivity index (χ2v) is 5.80. The second-order valence-electron chi connectivity index (χ2n) is 5.39. The highest BCUT2D eigenvalue weighted by molar-refractivity contribution is 6.31. The molecule has 0 bridgehead atoms. The van der Waals surface area contributed by atoms with Gasteiger partial charge >= 0.3 is 0 Å². The first kappa shape index (κ1) is 16.2. The molecule has 1 heterocycles.